The average Bonchev–Trinajstić information content (AvgIpc) is 3.39. The fraction of sp³-hybridized carbons (Fsp3) is 0.316. The first-order valence-electron chi connectivity index (χ1n) is 8.60. The number of amides is 1. The summed E-state index contributed by atoms with van der Waals surface area (Å²) >= 11 is 2.96. The smallest absolute Gasteiger partial charge is 0.264 e. The van der Waals surface area contributed by atoms with Crippen molar-refractivity contribution in [2.45, 2.75) is 31.7 Å². The maximum Gasteiger partial charge on any atom is 0.264 e. The van der Waals surface area contributed by atoms with E-state index in [2.05, 4.69) is 15.3 Å². The van der Waals surface area contributed by atoms with E-state index < -0.39 is 0 Å². The Morgan fingerprint density at radius 2 is 2.19 bits per heavy atom. The van der Waals surface area contributed by atoms with Gasteiger partial charge in [0.1, 0.15) is 10.8 Å². The SMILES string of the molecule is COc1cccc(-c2nc(/C=C3\SC(=NC4CCCC4)NC3=O)cs2)c1. The molecule has 5 nitrogen and oxygen atoms in total. The quantitative estimate of drug-likeness (QED) is 0.796. The van der Waals surface area contributed by atoms with Gasteiger partial charge in [-0.1, -0.05) is 25.0 Å². The van der Waals surface area contributed by atoms with Crippen molar-refractivity contribution in [1.82, 2.24) is 10.3 Å². The molecule has 134 valence electrons. The number of aromatic nitrogens is 1. The molecule has 1 amide bonds. The Labute approximate surface area is 160 Å². The van der Waals surface area contributed by atoms with Crippen LogP contribution >= 0.6 is 23.1 Å². The summed E-state index contributed by atoms with van der Waals surface area (Å²) in [5, 5.41) is 6.45. The Morgan fingerprint density at radius 1 is 1.35 bits per heavy atom. The highest BCUT2D eigenvalue weighted by Crippen LogP contribution is 2.31. The Balaban J connectivity index is 1.51. The summed E-state index contributed by atoms with van der Waals surface area (Å²) in [6.45, 7) is 0. The van der Waals surface area contributed by atoms with E-state index in [1.807, 2.05) is 35.7 Å². The number of thiazole rings is 1. The van der Waals surface area contributed by atoms with Crippen molar-refractivity contribution in [3.8, 4) is 16.3 Å². The zero-order valence-corrected chi connectivity index (χ0v) is 16.0. The first-order valence-corrected chi connectivity index (χ1v) is 10.3. The number of hydrogen-bond acceptors (Lipinski definition) is 6. The number of nitrogens with zero attached hydrogens (tertiary/aromatic N) is 2. The van der Waals surface area contributed by atoms with Crippen molar-refractivity contribution >= 4 is 40.2 Å². The van der Waals surface area contributed by atoms with Crippen LogP contribution in [0.4, 0.5) is 0 Å². The van der Waals surface area contributed by atoms with Crippen LogP contribution < -0.4 is 10.1 Å². The fourth-order valence-corrected chi connectivity index (χ4v) is 4.71. The van der Waals surface area contributed by atoms with Crippen LogP contribution in [0.25, 0.3) is 16.6 Å². The number of rotatable bonds is 4. The van der Waals surface area contributed by atoms with Crippen molar-refractivity contribution in [3.63, 3.8) is 0 Å². The highest BCUT2D eigenvalue weighted by Gasteiger charge is 2.26. The van der Waals surface area contributed by atoms with Gasteiger partial charge in [-0.15, -0.1) is 11.3 Å². The normalized spacial score (nSPS) is 20.9. The monoisotopic (exact) mass is 385 g/mol. The molecule has 0 spiro atoms. The number of thioether (sulfide) groups is 1. The van der Waals surface area contributed by atoms with Gasteiger partial charge in [-0.05, 0) is 42.8 Å². The molecule has 0 bridgehead atoms. The third-order valence-corrected chi connectivity index (χ3v) is 6.23. The lowest BCUT2D eigenvalue weighted by Crippen LogP contribution is -2.21. The molecule has 0 radical (unpaired) electrons. The van der Waals surface area contributed by atoms with Crippen LogP contribution in [0.15, 0.2) is 39.5 Å². The largest absolute Gasteiger partial charge is 0.497 e. The number of carbonyl (C=O) groups excluding carboxylic acids is 1. The number of ether oxygens (including phenoxy) is 1. The lowest BCUT2D eigenvalue weighted by molar-refractivity contribution is -0.115. The maximum absolute atomic E-state index is 12.2. The number of methoxy groups -OCH3 is 1. The Kier molecular flexibility index (Phi) is 5.08. The Morgan fingerprint density at radius 3 is 3.00 bits per heavy atom. The van der Waals surface area contributed by atoms with Crippen molar-refractivity contribution in [3.05, 3.63) is 40.2 Å². The molecule has 2 aliphatic rings. The summed E-state index contributed by atoms with van der Waals surface area (Å²) < 4.78 is 5.27. The third-order valence-electron chi connectivity index (χ3n) is 4.39. The van der Waals surface area contributed by atoms with Crippen molar-refractivity contribution < 1.29 is 9.53 Å². The topological polar surface area (TPSA) is 63.6 Å². The van der Waals surface area contributed by atoms with Crippen LogP contribution in [0.2, 0.25) is 0 Å². The van der Waals surface area contributed by atoms with Crippen molar-refractivity contribution in [1.29, 1.82) is 0 Å². The number of amidine groups is 1. The molecule has 1 aliphatic heterocycles. The molecular weight excluding hydrogens is 366 g/mol. The van der Waals surface area contributed by atoms with Gasteiger partial charge < -0.3 is 10.1 Å². The summed E-state index contributed by atoms with van der Waals surface area (Å²) in [7, 11) is 1.65. The predicted molar refractivity (Wildman–Crippen MR) is 108 cm³/mol. The van der Waals surface area contributed by atoms with Gasteiger partial charge in [-0.25, -0.2) is 4.98 Å². The molecule has 1 saturated carbocycles. The molecule has 2 heterocycles. The van der Waals surface area contributed by atoms with Gasteiger partial charge in [-0.2, -0.15) is 0 Å². The number of nitrogens with one attached hydrogen (secondary N) is 1. The second-order valence-electron chi connectivity index (χ2n) is 6.25. The second-order valence-corrected chi connectivity index (χ2v) is 8.14. The Bertz CT molecular complexity index is 882. The molecule has 1 aromatic heterocycles. The first-order chi connectivity index (χ1) is 12.7. The Hall–Kier alpha value is -2.12. The second kappa shape index (κ2) is 7.63. The van der Waals surface area contributed by atoms with Gasteiger partial charge in [0.25, 0.3) is 5.91 Å². The fourth-order valence-electron chi connectivity index (χ4n) is 3.06. The minimum absolute atomic E-state index is 0.0947. The van der Waals surface area contributed by atoms with Gasteiger partial charge in [0.2, 0.25) is 0 Å². The van der Waals surface area contributed by atoms with E-state index in [0.29, 0.717) is 10.9 Å². The van der Waals surface area contributed by atoms with E-state index in [1.165, 1.54) is 24.6 Å². The molecule has 1 aliphatic carbocycles. The van der Waals surface area contributed by atoms with Gasteiger partial charge in [0.05, 0.1) is 23.8 Å². The van der Waals surface area contributed by atoms with Crippen LogP contribution in [0.1, 0.15) is 31.4 Å². The van der Waals surface area contributed by atoms with Gasteiger partial charge in [0, 0.05) is 10.9 Å². The third kappa shape index (κ3) is 3.83. The summed E-state index contributed by atoms with van der Waals surface area (Å²) in [5.41, 5.74) is 1.79. The molecule has 7 heteroatoms. The van der Waals surface area contributed by atoms with E-state index in [0.717, 1.165) is 40.0 Å². The highest BCUT2D eigenvalue weighted by molar-refractivity contribution is 8.18. The zero-order chi connectivity index (χ0) is 17.9. The summed E-state index contributed by atoms with van der Waals surface area (Å²) in [6, 6.07) is 8.17. The van der Waals surface area contributed by atoms with E-state index in [4.69, 9.17) is 4.74 Å². The first kappa shape index (κ1) is 17.3. The zero-order valence-electron chi connectivity index (χ0n) is 14.4. The van der Waals surface area contributed by atoms with Crippen LogP contribution in [-0.4, -0.2) is 29.2 Å². The molecule has 1 N–H and O–H groups in total. The average molecular weight is 386 g/mol. The van der Waals surface area contributed by atoms with E-state index in [9.17, 15) is 4.79 Å². The number of aliphatic imine (C=N–C) groups is 1. The molecule has 1 aromatic carbocycles. The molecule has 1 saturated heterocycles. The number of carbonyl (C=O) groups is 1. The molecule has 0 atom stereocenters. The van der Waals surface area contributed by atoms with E-state index in [1.54, 1.807) is 18.4 Å². The van der Waals surface area contributed by atoms with E-state index in [-0.39, 0.29) is 5.91 Å². The summed E-state index contributed by atoms with van der Waals surface area (Å²) in [4.78, 5) is 22.1. The van der Waals surface area contributed by atoms with Gasteiger partial charge in [0.15, 0.2) is 5.17 Å². The predicted octanol–water partition coefficient (Wildman–Crippen LogP) is 4.32. The number of hydrogen-bond donors (Lipinski definition) is 1. The lowest BCUT2D eigenvalue weighted by atomic mass is 10.2. The van der Waals surface area contributed by atoms with Gasteiger partial charge >= 0.3 is 0 Å². The van der Waals surface area contributed by atoms with Crippen LogP contribution in [0.3, 0.4) is 0 Å². The maximum atomic E-state index is 12.2. The van der Waals surface area contributed by atoms with Gasteiger partial charge in [-0.3, -0.25) is 9.79 Å². The minimum Gasteiger partial charge on any atom is -0.497 e. The lowest BCUT2D eigenvalue weighted by Gasteiger charge is -2.02. The molecule has 2 aromatic rings. The van der Waals surface area contributed by atoms with Crippen LogP contribution in [-0.2, 0) is 4.79 Å². The molecule has 4 rings (SSSR count). The summed E-state index contributed by atoms with van der Waals surface area (Å²) in [6.07, 6.45) is 6.53. The molecule has 26 heavy (non-hydrogen) atoms. The van der Waals surface area contributed by atoms with Crippen LogP contribution in [0.5, 0.6) is 5.75 Å². The van der Waals surface area contributed by atoms with E-state index >= 15 is 0 Å². The molecular formula is C19H19N3O2S2. The van der Waals surface area contributed by atoms with Crippen molar-refractivity contribution in [2.24, 2.45) is 4.99 Å². The highest BCUT2D eigenvalue weighted by atomic mass is 32.2. The summed E-state index contributed by atoms with van der Waals surface area (Å²) in [5.74, 6) is 0.707. The van der Waals surface area contributed by atoms with Crippen LogP contribution in [0, 0.1) is 0 Å². The minimum atomic E-state index is -0.0947. The standard InChI is InChI=1S/C19H19N3O2S2/c1-24-15-8-4-5-12(9-15)18-20-14(11-25-18)10-16-17(23)22-19(26-16)21-13-6-2-3-7-13/h4-5,8-11,13H,2-3,6-7H2,1H3,(H,21,22,23)/b16-10-. The number of benzene rings is 1. The molecule has 0 unspecified atom stereocenters. The molecule has 2 fully saturated rings. The van der Waals surface area contributed by atoms with Crippen molar-refractivity contribution in [2.75, 3.05) is 7.11 Å².